The lowest BCUT2D eigenvalue weighted by molar-refractivity contribution is 0.0697. The van der Waals surface area contributed by atoms with E-state index in [0.717, 1.165) is 15.6 Å². The summed E-state index contributed by atoms with van der Waals surface area (Å²) in [5.41, 5.74) is 2.00. The number of rotatable bonds is 3. The van der Waals surface area contributed by atoms with E-state index < -0.39 is 5.97 Å². The molecule has 0 saturated heterocycles. The standard InChI is InChI=1S/C14H11BrO3/c1-18-12-7-3-6-11(13(12)15)9-4-2-5-10(8-9)14(16)17/h2-8H,1H3,(H,16,17). The Hall–Kier alpha value is -1.81. The van der Waals surface area contributed by atoms with Gasteiger partial charge in [-0.3, -0.25) is 0 Å². The maximum atomic E-state index is 11.0. The second-order valence-electron chi connectivity index (χ2n) is 3.71. The van der Waals surface area contributed by atoms with E-state index in [0.29, 0.717) is 5.75 Å². The first kappa shape index (κ1) is 12.6. The fourth-order valence-electron chi connectivity index (χ4n) is 1.71. The van der Waals surface area contributed by atoms with Gasteiger partial charge in [-0.25, -0.2) is 4.79 Å². The lowest BCUT2D eigenvalue weighted by Crippen LogP contribution is -1.96. The summed E-state index contributed by atoms with van der Waals surface area (Å²) in [6.45, 7) is 0. The Bertz CT molecular complexity index is 593. The minimum Gasteiger partial charge on any atom is -0.496 e. The average molecular weight is 307 g/mol. The van der Waals surface area contributed by atoms with Crippen molar-refractivity contribution >= 4 is 21.9 Å². The first-order chi connectivity index (χ1) is 8.63. The highest BCUT2D eigenvalue weighted by Gasteiger charge is 2.10. The van der Waals surface area contributed by atoms with E-state index >= 15 is 0 Å². The van der Waals surface area contributed by atoms with Crippen LogP contribution in [0.2, 0.25) is 0 Å². The smallest absolute Gasteiger partial charge is 0.335 e. The number of methoxy groups -OCH3 is 1. The van der Waals surface area contributed by atoms with Gasteiger partial charge in [0.1, 0.15) is 5.75 Å². The van der Waals surface area contributed by atoms with Crippen LogP contribution in [0.5, 0.6) is 5.75 Å². The Labute approximate surface area is 113 Å². The molecular formula is C14H11BrO3. The average Bonchev–Trinajstić information content (AvgIpc) is 2.39. The van der Waals surface area contributed by atoms with Crippen LogP contribution in [0.1, 0.15) is 10.4 Å². The van der Waals surface area contributed by atoms with Crippen molar-refractivity contribution in [2.24, 2.45) is 0 Å². The van der Waals surface area contributed by atoms with Crippen LogP contribution in [0.4, 0.5) is 0 Å². The first-order valence-electron chi connectivity index (χ1n) is 5.29. The molecule has 4 heteroatoms. The van der Waals surface area contributed by atoms with Gasteiger partial charge >= 0.3 is 5.97 Å². The Kier molecular flexibility index (Phi) is 3.67. The van der Waals surface area contributed by atoms with E-state index in [-0.39, 0.29) is 5.56 Å². The van der Waals surface area contributed by atoms with Crippen molar-refractivity contribution in [3.63, 3.8) is 0 Å². The molecule has 0 spiro atoms. The molecule has 3 nitrogen and oxygen atoms in total. The number of halogens is 1. The molecule has 0 aliphatic rings. The monoisotopic (exact) mass is 306 g/mol. The molecule has 2 aromatic rings. The zero-order valence-electron chi connectivity index (χ0n) is 9.68. The van der Waals surface area contributed by atoms with Crippen molar-refractivity contribution in [3.05, 3.63) is 52.5 Å². The van der Waals surface area contributed by atoms with Crippen molar-refractivity contribution in [2.45, 2.75) is 0 Å². The van der Waals surface area contributed by atoms with Crippen LogP contribution in [-0.4, -0.2) is 18.2 Å². The maximum Gasteiger partial charge on any atom is 0.335 e. The third-order valence-electron chi connectivity index (χ3n) is 2.60. The van der Waals surface area contributed by atoms with Crippen molar-refractivity contribution in [3.8, 4) is 16.9 Å². The molecule has 18 heavy (non-hydrogen) atoms. The van der Waals surface area contributed by atoms with Gasteiger partial charge in [0.05, 0.1) is 17.1 Å². The normalized spacial score (nSPS) is 10.1. The van der Waals surface area contributed by atoms with Gasteiger partial charge in [0.25, 0.3) is 0 Å². The van der Waals surface area contributed by atoms with Crippen molar-refractivity contribution < 1.29 is 14.6 Å². The minimum absolute atomic E-state index is 0.266. The van der Waals surface area contributed by atoms with Crippen LogP contribution in [0.15, 0.2) is 46.9 Å². The second-order valence-corrected chi connectivity index (χ2v) is 4.50. The van der Waals surface area contributed by atoms with Crippen LogP contribution in [0.25, 0.3) is 11.1 Å². The summed E-state index contributed by atoms with van der Waals surface area (Å²) in [7, 11) is 1.59. The van der Waals surface area contributed by atoms with Gasteiger partial charge in [0.15, 0.2) is 0 Å². The van der Waals surface area contributed by atoms with Crippen LogP contribution < -0.4 is 4.74 Å². The van der Waals surface area contributed by atoms with E-state index in [1.807, 2.05) is 24.3 Å². The molecule has 1 N–H and O–H groups in total. The topological polar surface area (TPSA) is 46.5 Å². The van der Waals surface area contributed by atoms with Gasteiger partial charge in [-0.1, -0.05) is 24.3 Å². The summed E-state index contributed by atoms with van der Waals surface area (Å²) in [5, 5.41) is 8.99. The molecule has 0 aliphatic heterocycles. The predicted molar refractivity (Wildman–Crippen MR) is 73.1 cm³/mol. The zero-order valence-corrected chi connectivity index (χ0v) is 11.3. The number of carboxylic acid groups (broad SMARTS) is 1. The molecule has 0 unspecified atom stereocenters. The molecule has 92 valence electrons. The van der Waals surface area contributed by atoms with E-state index in [9.17, 15) is 4.79 Å². The highest BCUT2D eigenvalue weighted by Crippen LogP contribution is 2.35. The van der Waals surface area contributed by atoms with Crippen LogP contribution in [-0.2, 0) is 0 Å². The van der Waals surface area contributed by atoms with Gasteiger partial charge in [-0.2, -0.15) is 0 Å². The van der Waals surface area contributed by atoms with Crippen LogP contribution >= 0.6 is 15.9 Å². The van der Waals surface area contributed by atoms with Crippen LogP contribution in [0.3, 0.4) is 0 Å². The highest BCUT2D eigenvalue weighted by atomic mass is 79.9. The van der Waals surface area contributed by atoms with E-state index in [2.05, 4.69) is 15.9 Å². The summed E-state index contributed by atoms with van der Waals surface area (Å²) in [6, 6.07) is 12.4. The Balaban J connectivity index is 2.55. The summed E-state index contributed by atoms with van der Waals surface area (Å²) >= 11 is 3.47. The maximum absolute atomic E-state index is 11.0. The lowest BCUT2D eigenvalue weighted by Gasteiger charge is -2.09. The molecule has 0 heterocycles. The van der Waals surface area contributed by atoms with Gasteiger partial charge in [-0.15, -0.1) is 0 Å². The van der Waals surface area contributed by atoms with Crippen molar-refractivity contribution in [1.82, 2.24) is 0 Å². The number of ether oxygens (including phenoxy) is 1. The summed E-state index contributed by atoms with van der Waals surface area (Å²) in [5.74, 6) is -0.218. The molecule has 2 aromatic carbocycles. The van der Waals surface area contributed by atoms with Gasteiger partial charge in [0, 0.05) is 0 Å². The number of carbonyl (C=O) groups is 1. The SMILES string of the molecule is COc1cccc(-c2cccc(C(=O)O)c2)c1Br. The first-order valence-corrected chi connectivity index (χ1v) is 6.09. The van der Waals surface area contributed by atoms with Gasteiger partial charge in [-0.05, 0) is 45.3 Å². The summed E-state index contributed by atoms with van der Waals surface area (Å²) in [6.07, 6.45) is 0. The minimum atomic E-state index is -0.934. The number of hydrogen-bond acceptors (Lipinski definition) is 2. The van der Waals surface area contributed by atoms with E-state index in [1.54, 1.807) is 25.3 Å². The summed E-state index contributed by atoms with van der Waals surface area (Å²) in [4.78, 5) is 11.0. The molecule has 0 bridgehead atoms. The largest absolute Gasteiger partial charge is 0.496 e. The summed E-state index contributed by atoms with van der Waals surface area (Å²) < 4.78 is 6.04. The van der Waals surface area contributed by atoms with Gasteiger partial charge in [0.2, 0.25) is 0 Å². The molecule has 0 atom stereocenters. The Morgan fingerprint density at radius 1 is 1.22 bits per heavy atom. The third kappa shape index (κ3) is 2.38. The van der Waals surface area contributed by atoms with Crippen molar-refractivity contribution in [1.29, 1.82) is 0 Å². The molecule has 2 rings (SSSR count). The Morgan fingerprint density at radius 3 is 2.61 bits per heavy atom. The third-order valence-corrected chi connectivity index (χ3v) is 3.42. The highest BCUT2D eigenvalue weighted by molar-refractivity contribution is 9.10. The number of benzene rings is 2. The van der Waals surface area contributed by atoms with E-state index in [1.165, 1.54) is 0 Å². The molecule has 0 aromatic heterocycles. The fraction of sp³-hybridized carbons (Fsp3) is 0.0714. The van der Waals surface area contributed by atoms with Crippen molar-refractivity contribution in [2.75, 3.05) is 7.11 Å². The van der Waals surface area contributed by atoms with Gasteiger partial charge < -0.3 is 9.84 Å². The number of hydrogen-bond donors (Lipinski definition) is 1. The second kappa shape index (κ2) is 5.23. The Morgan fingerprint density at radius 2 is 1.94 bits per heavy atom. The zero-order chi connectivity index (χ0) is 13.1. The predicted octanol–water partition coefficient (Wildman–Crippen LogP) is 3.82. The van der Waals surface area contributed by atoms with E-state index in [4.69, 9.17) is 9.84 Å². The molecule has 0 aliphatic carbocycles. The number of carboxylic acids is 1. The molecular weight excluding hydrogens is 296 g/mol. The fourth-order valence-corrected chi connectivity index (χ4v) is 2.37. The number of aromatic carboxylic acids is 1. The quantitative estimate of drug-likeness (QED) is 0.937. The van der Waals surface area contributed by atoms with Crippen LogP contribution in [0, 0.1) is 0 Å². The lowest BCUT2D eigenvalue weighted by atomic mass is 10.0. The molecule has 0 fully saturated rings. The molecule has 0 saturated carbocycles. The molecule has 0 amide bonds. The molecule has 0 radical (unpaired) electrons.